The van der Waals surface area contributed by atoms with E-state index in [0.717, 1.165) is 12.8 Å². The molecule has 1 aliphatic heterocycles. The van der Waals surface area contributed by atoms with Crippen LogP contribution in [-0.2, 0) is 19.6 Å². The lowest BCUT2D eigenvalue weighted by Gasteiger charge is -2.18. The number of amides is 1. The second kappa shape index (κ2) is 7.37. The van der Waals surface area contributed by atoms with Gasteiger partial charge in [-0.2, -0.15) is 8.42 Å². The second-order valence-electron chi connectivity index (χ2n) is 4.82. The Labute approximate surface area is 129 Å². The van der Waals surface area contributed by atoms with E-state index in [1.54, 1.807) is 18.2 Å². The number of para-hydroxylation sites is 1. The fourth-order valence-corrected chi connectivity index (χ4v) is 3.03. The molecule has 2 rings (SSSR count). The number of hydrogen-bond acceptors (Lipinski definition) is 5. The molecule has 0 atom stereocenters. The minimum Gasteiger partial charge on any atom is -0.372 e. The number of unbranched alkanes of at least 4 members (excludes halogenated alkanes) is 1. The number of amidine groups is 1. The number of sulfonamides is 1. The van der Waals surface area contributed by atoms with E-state index in [0.29, 0.717) is 12.3 Å². The van der Waals surface area contributed by atoms with Gasteiger partial charge in [-0.05, 0) is 18.6 Å². The highest BCUT2D eigenvalue weighted by molar-refractivity contribution is 7.90. The molecular weight excluding hydrogens is 306 g/mol. The number of benzene rings is 1. The minimum atomic E-state index is -3.72. The Bertz CT molecular complexity index is 670. The van der Waals surface area contributed by atoms with Crippen LogP contribution in [0.5, 0.6) is 0 Å². The lowest BCUT2D eigenvalue weighted by molar-refractivity contribution is -0.125. The molecule has 22 heavy (non-hydrogen) atoms. The molecule has 0 bridgehead atoms. The molecule has 1 aliphatic rings. The summed E-state index contributed by atoms with van der Waals surface area (Å²) >= 11 is 0. The Kier molecular flexibility index (Phi) is 5.51. The average molecular weight is 325 g/mol. The van der Waals surface area contributed by atoms with Crippen LogP contribution in [0.15, 0.2) is 33.6 Å². The molecule has 0 aromatic heterocycles. The van der Waals surface area contributed by atoms with Crippen molar-refractivity contribution >= 4 is 27.5 Å². The maximum Gasteiger partial charge on any atom is 0.286 e. The summed E-state index contributed by atoms with van der Waals surface area (Å²) < 4.78 is 32.9. The maximum atomic E-state index is 12.0. The van der Waals surface area contributed by atoms with Gasteiger partial charge in [-0.25, -0.2) is 0 Å². The van der Waals surface area contributed by atoms with Crippen molar-refractivity contribution in [3.8, 4) is 0 Å². The molecule has 1 amide bonds. The van der Waals surface area contributed by atoms with Gasteiger partial charge in [-0.15, -0.1) is 4.40 Å². The predicted octanol–water partition coefficient (Wildman–Crippen LogP) is 1.13. The fourth-order valence-electron chi connectivity index (χ4n) is 1.89. The Balaban J connectivity index is 1.90. The van der Waals surface area contributed by atoms with Crippen molar-refractivity contribution in [3.05, 3.63) is 24.3 Å². The standard InChI is InChI=1S/C14H19N3O4S/c1-2-3-8-21-10-14(18)15-9-13-16-11-6-4-5-7-12(11)22(19,20)17-13/h4-7H,2-3,8-10H2,1H3,(H,15,18)(H,16,17). The van der Waals surface area contributed by atoms with E-state index in [1.165, 1.54) is 6.07 Å². The molecule has 0 fully saturated rings. The molecule has 120 valence electrons. The molecule has 0 unspecified atom stereocenters. The molecule has 0 aliphatic carbocycles. The van der Waals surface area contributed by atoms with Crippen molar-refractivity contribution < 1.29 is 17.9 Å². The molecule has 0 saturated carbocycles. The van der Waals surface area contributed by atoms with Crippen LogP contribution in [0.25, 0.3) is 0 Å². The van der Waals surface area contributed by atoms with Gasteiger partial charge in [0.25, 0.3) is 10.0 Å². The number of nitrogens with zero attached hydrogens (tertiary/aromatic N) is 1. The number of fused-ring (bicyclic) bond motifs is 1. The monoisotopic (exact) mass is 325 g/mol. The van der Waals surface area contributed by atoms with Gasteiger partial charge in [0.05, 0.1) is 12.2 Å². The first-order valence-corrected chi connectivity index (χ1v) is 8.51. The van der Waals surface area contributed by atoms with Gasteiger partial charge in [0.2, 0.25) is 5.91 Å². The van der Waals surface area contributed by atoms with E-state index >= 15 is 0 Å². The number of anilines is 1. The fraction of sp³-hybridized carbons (Fsp3) is 0.429. The van der Waals surface area contributed by atoms with Crippen molar-refractivity contribution in [1.29, 1.82) is 0 Å². The summed E-state index contributed by atoms with van der Waals surface area (Å²) in [5.74, 6) is -0.127. The second-order valence-corrected chi connectivity index (χ2v) is 6.39. The number of carbonyl (C=O) groups excluding carboxylic acids is 1. The van der Waals surface area contributed by atoms with Gasteiger partial charge in [-0.3, -0.25) is 4.79 Å². The first kappa shape index (κ1) is 16.4. The zero-order chi connectivity index (χ0) is 16.0. The zero-order valence-electron chi connectivity index (χ0n) is 12.3. The number of nitrogens with one attached hydrogen (secondary N) is 2. The van der Waals surface area contributed by atoms with Crippen LogP contribution < -0.4 is 10.6 Å². The van der Waals surface area contributed by atoms with Gasteiger partial charge in [-0.1, -0.05) is 25.5 Å². The number of hydrogen-bond donors (Lipinski definition) is 2. The Morgan fingerprint density at radius 1 is 1.36 bits per heavy atom. The zero-order valence-corrected chi connectivity index (χ0v) is 13.1. The number of ether oxygens (including phenoxy) is 1. The minimum absolute atomic E-state index is 0.00351. The Morgan fingerprint density at radius 3 is 2.91 bits per heavy atom. The van der Waals surface area contributed by atoms with Crippen LogP contribution in [0.1, 0.15) is 19.8 Å². The lowest BCUT2D eigenvalue weighted by Crippen LogP contribution is -2.37. The largest absolute Gasteiger partial charge is 0.372 e. The van der Waals surface area contributed by atoms with Crippen LogP contribution in [0.3, 0.4) is 0 Å². The summed E-state index contributed by atoms with van der Waals surface area (Å²) in [6.45, 7) is 2.53. The maximum absolute atomic E-state index is 12.0. The van der Waals surface area contributed by atoms with Crippen molar-refractivity contribution in [2.45, 2.75) is 24.7 Å². The first-order chi connectivity index (χ1) is 10.5. The predicted molar refractivity (Wildman–Crippen MR) is 83.4 cm³/mol. The van der Waals surface area contributed by atoms with Crippen LogP contribution >= 0.6 is 0 Å². The van der Waals surface area contributed by atoms with E-state index in [2.05, 4.69) is 15.0 Å². The van der Waals surface area contributed by atoms with Crippen LogP contribution in [0, 0.1) is 0 Å². The van der Waals surface area contributed by atoms with E-state index in [1.807, 2.05) is 6.92 Å². The molecular formula is C14H19N3O4S. The van der Waals surface area contributed by atoms with Gasteiger partial charge in [0, 0.05) is 6.61 Å². The molecule has 8 heteroatoms. The summed E-state index contributed by atoms with van der Waals surface area (Å²) in [5.41, 5.74) is 0.459. The highest BCUT2D eigenvalue weighted by Gasteiger charge is 2.24. The summed E-state index contributed by atoms with van der Waals surface area (Å²) in [7, 11) is -3.72. The molecule has 0 saturated heterocycles. The highest BCUT2D eigenvalue weighted by atomic mass is 32.2. The molecule has 0 spiro atoms. The number of rotatable bonds is 7. The Morgan fingerprint density at radius 2 is 2.14 bits per heavy atom. The third-order valence-electron chi connectivity index (χ3n) is 3.00. The van der Waals surface area contributed by atoms with Crippen molar-refractivity contribution in [2.24, 2.45) is 4.40 Å². The average Bonchev–Trinajstić information content (AvgIpc) is 2.49. The van der Waals surface area contributed by atoms with Gasteiger partial charge >= 0.3 is 0 Å². The molecule has 1 heterocycles. The highest BCUT2D eigenvalue weighted by Crippen LogP contribution is 2.26. The number of carbonyl (C=O) groups is 1. The Hall–Kier alpha value is -1.93. The lowest BCUT2D eigenvalue weighted by atomic mass is 10.3. The van der Waals surface area contributed by atoms with Crippen LogP contribution in [0.2, 0.25) is 0 Å². The van der Waals surface area contributed by atoms with Crippen molar-refractivity contribution in [2.75, 3.05) is 25.1 Å². The van der Waals surface area contributed by atoms with Crippen LogP contribution in [0.4, 0.5) is 5.69 Å². The summed E-state index contributed by atoms with van der Waals surface area (Å²) in [5, 5.41) is 5.48. The topological polar surface area (TPSA) is 96.9 Å². The van der Waals surface area contributed by atoms with E-state index in [9.17, 15) is 13.2 Å². The van der Waals surface area contributed by atoms with E-state index in [4.69, 9.17) is 4.74 Å². The summed E-state index contributed by atoms with van der Waals surface area (Å²) in [4.78, 5) is 11.7. The first-order valence-electron chi connectivity index (χ1n) is 7.07. The molecule has 2 N–H and O–H groups in total. The van der Waals surface area contributed by atoms with Gasteiger partial charge in [0.15, 0.2) is 0 Å². The molecule has 7 nitrogen and oxygen atoms in total. The summed E-state index contributed by atoms with van der Waals surface area (Å²) in [6.07, 6.45) is 1.90. The third kappa shape index (κ3) is 4.28. The summed E-state index contributed by atoms with van der Waals surface area (Å²) in [6, 6.07) is 6.49. The van der Waals surface area contributed by atoms with E-state index in [-0.39, 0.29) is 29.8 Å². The molecule has 1 aromatic carbocycles. The van der Waals surface area contributed by atoms with Crippen molar-refractivity contribution in [1.82, 2.24) is 5.32 Å². The van der Waals surface area contributed by atoms with Gasteiger partial charge < -0.3 is 15.4 Å². The molecule has 0 radical (unpaired) electrons. The SMILES string of the molecule is CCCCOCC(=O)NCC1=NS(=O)(=O)c2ccccc2N1. The van der Waals surface area contributed by atoms with Crippen LogP contribution in [-0.4, -0.2) is 39.9 Å². The van der Waals surface area contributed by atoms with Gasteiger partial charge in [0.1, 0.15) is 17.3 Å². The molecule has 1 aromatic rings. The normalized spacial score (nSPS) is 15.4. The quantitative estimate of drug-likeness (QED) is 0.733. The third-order valence-corrected chi connectivity index (χ3v) is 4.38. The smallest absolute Gasteiger partial charge is 0.286 e. The van der Waals surface area contributed by atoms with E-state index < -0.39 is 10.0 Å². The van der Waals surface area contributed by atoms with Crippen molar-refractivity contribution in [3.63, 3.8) is 0 Å².